The van der Waals surface area contributed by atoms with E-state index >= 15 is 0 Å². The van der Waals surface area contributed by atoms with Crippen LogP contribution in [0.2, 0.25) is 0 Å². The van der Waals surface area contributed by atoms with Gasteiger partial charge in [-0.3, -0.25) is 9.78 Å². The summed E-state index contributed by atoms with van der Waals surface area (Å²) in [5, 5.41) is 12.6. The number of aromatic amines is 1. The number of fused-ring (bicyclic) bond motifs is 1. The Hall–Kier alpha value is -3.15. The number of hydrogen-bond donors (Lipinski definition) is 3. The smallest absolute Gasteiger partial charge is 0.352 e. The summed E-state index contributed by atoms with van der Waals surface area (Å²) in [6.45, 7) is 0.485. The highest BCUT2D eigenvalue weighted by atomic mass is 16.4. The molecule has 3 N–H and O–H groups in total. The first kappa shape index (κ1) is 14.8. The Bertz CT molecular complexity index is 856. The molecule has 0 saturated heterocycles. The average molecular weight is 309 g/mol. The van der Waals surface area contributed by atoms with Crippen LogP contribution in [0, 0.1) is 0 Å². The first-order chi connectivity index (χ1) is 11.1. The standard InChI is InChI=1S/C17H15N3O3/c21-16(19-8-6-13-3-1-2-7-18-13)12-5-4-11-9-15(17(22)23)20-14(11)10-12/h1-5,7,9-10,20H,6,8H2,(H,19,21)(H,22,23). The van der Waals surface area contributed by atoms with E-state index in [-0.39, 0.29) is 11.6 Å². The molecule has 0 aliphatic rings. The van der Waals surface area contributed by atoms with Crippen LogP contribution in [0.4, 0.5) is 0 Å². The molecule has 6 heteroatoms. The van der Waals surface area contributed by atoms with Crippen LogP contribution in [-0.2, 0) is 6.42 Å². The summed E-state index contributed by atoms with van der Waals surface area (Å²) in [4.78, 5) is 30.1. The van der Waals surface area contributed by atoms with Crippen molar-refractivity contribution in [1.82, 2.24) is 15.3 Å². The predicted octanol–water partition coefficient (Wildman–Crippen LogP) is 2.23. The number of rotatable bonds is 5. The molecule has 3 rings (SSSR count). The van der Waals surface area contributed by atoms with Crippen molar-refractivity contribution in [3.63, 3.8) is 0 Å². The van der Waals surface area contributed by atoms with E-state index in [1.165, 1.54) is 0 Å². The third-order valence-electron chi connectivity index (χ3n) is 3.51. The average Bonchev–Trinajstić information content (AvgIpc) is 2.99. The predicted molar refractivity (Wildman–Crippen MR) is 85.5 cm³/mol. The molecule has 0 aliphatic heterocycles. The van der Waals surface area contributed by atoms with Gasteiger partial charge in [0.25, 0.3) is 5.91 Å². The fourth-order valence-corrected chi connectivity index (χ4v) is 2.34. The monoisotopic (exact) mass is 309 g/mol. The first-order valence-corrected chi connectivity index (χ1v) is 7.17. The number of carboxylic acid groups (broad SMARTS) is 1. The van der Waals surface area contributed by atoms with Crippen LogP contribution in [0.3, 0.4) is 0 Å². The summed E-state index contributed by atoms with van der Waals surface area (Å²) >= 11 is 0. The maximum Gasteiger partial charge on any atom is 0.352 e. The zero-order chi connectivity index (χ0) is 16.2. The van der Waals surface area contributed by atoms with E-state index in [0.717, 1.165) is 11.1 Å². The maximum atomic E-state index is 12.2. The summed E-state index contributed by atoms with van der Waals surface area (Å²) < 4.78 is 0. The minimum absolute atomic E-state index is 0.104. The van der Waals surface area contributed by atoms with Crippen LogP contribution in [0.1, 0.15) is 26.5 Å². The van der Waals surface area contributed by atoms with Crippen molar-refractivity contribution < 1.29 is 14.7 Å². The van der Waals surface area contributed by atoms with Crippen molar-refractivity contribution >= 4 is 22.8 Å². The van der Waals surface area contributed by atoms with Gasteiger partial charge in [0, 0.05) is 41.3 Å². The molecule has 2 aromatic heterocycles. The molecule has 0 fully saturated rings. The molecule has 0 saturated carbocycles. The molecule has 0 radical (unpaired) electrons. The van der Waals surface area contributed by atoms with Crippen molar-refractivity contribution in [2.24, 2.45) is 0 Å². The molecule has 0 bridgehead atoms. The largest absolute Gasteiger partial charge is 0.477 e. The lowest BCUT2D eigenvalue weighted by Gasteiger charge is -2.05. The van der Waals surface area contributed by atoms with Gasteiger partial charge in [-0.1, -0.05) is 12.1 Å². The second-order valence-electron chi connectivity index (χ2n) is 5.12. The zero-order valence-corrected chi connectivity index (χ0v) is 12.2. The lowest BCUT2D eigenvalue weighted by molar-refractivity contribution is 0.0691. The number of pyridine rings is 1. The number of carbonyl (C=O) groups excluding carboxylic acids is 1. The van der Waals surface area contributed by atoms with Crippen LogP contribution in [0.25, 0.3) is 10.9 Å². The van der Waals surface area contributed by atoms with Crippen molar-refractivity contribution in [3.8, 4) is 0 Å². The Labute approximate surface area is 132 Å². The fourth-order valence-electron chi connectivity index (χ4n) is 2.34. The number of amides is 1. The van der Waals surface area contributed by atoms with E-state index in [1.54, 1.807) is 30.5 Å². The highest BCUT2D eigenvalue weighted by molar-refractivity contribution is 6.00. The molecule has 0 spiro atoms. The van der Waals surface area contributed by atoms with Gasteiger partial charge in [0.15, 0.2) is 0 Å². The maximum absolute atomic E-state index is 12.2. The minimum Gasteiger partial charge on any atom is -0.477 e. The lowest BCUT2D eigenvalue weighted by Crippen LogP contribution is -2.25. The van der Waals surface area contributed by atoms with Crippen LogP contribution >= 0.6 is 0 Å². The molecule has 1 amide bonds. The Morgan fingerprint density at radius 2 is 2.04 bits per heavy atom. The van der Waals surface area contributed by atoms with Gasteiger partial charge in [-0.2, -0.15) is 0 Å². The normalized spacial score (nSPS) is 10.6. The van der Waals surface area contributed by atoms with Gasteiger partial charge in [-0.05, 0) is 30.3 Å². The second-order valence-corrected chi connectivity index (χ2v) is 5.12. The van der Waals surface area contributed by atoms with Gasteiger partial charge in [0.05, 0.1) is 0 Å². The van der Waals surface area contributed by atoms with Crippen molar-refractivity contribution in [1.29, 1.82) is 0 Å². The van der Waals surface area contributed by atoms with Crippen LogP contribution in [-0.4, -0.2) is 33.5 Å². The molecule has 2 heterocycles. The number of nitrogens with zero attached hydrogens (tertiary/aromatic N) is 1. The van der Waals surface area contributed by atoms with E-state index in [0.29, 0.717) is 24.0 Å². The molecule has 3 aromatic rings. The fraction of sp³-hybridized carbons (Fsp3) is 0.118. The quantitative estimate of drug-likeness (QED) is 0.673. The lowest BCUT2D eigenvalue weighted by atomic mass is 10.1. The molecular weight excluding hydrogens is 294 g/mol. The van der Waals surface area contributed by atoms with Gasteiger partial charge in [0.1, 0.15) is 5.69 Å². The highest BCUT2D eigenvalue weighted by Gasteiger charge is 2.10. The Morgan fingerprint density at radius 3 is 2.78 bits per heavy atom. The number of carbonyl (C=O) groups is 2. The summed E-state index contributed by atoms with van der Waals surface area (Å²) in [6.07, 6.45) is 2.37. The third kappa shape index (κ3) is 3.37. The Kier molecular flexibility index (Phi) is 4.05. The Balaban J connectivity index is 1.67. The summed E-state index contributed by atoms with van der Waals surface area (Å²) in [6, 6.07) is 12.3. The van der Waals surface area contributed by atoms with Gasteiger partial charge < -0.3 is 15.4 Å². The third-order valence-corrected chi connectivity index (χ3v) is 3.51. The van der Waals surface area contributed by atoms with Crippen molar-refractivity contribution in [3.05, 3.63) is 65.6 Å². The Morgan fingerprint density at radius 1 is 1.17 bits per heavy atom. The van der Waals surface area contributed by atoms with E-state index in [2.05, 4.69) is 15.3 Å². The number of H-pyrrole nitrogens is 1. The van der Waals surface area contributed by atoms with E-state index in [1.807, 2.05) is 18.2 Å². The molecule has 6 nitrogen and oxygen atoms in total. The molecule has 23 heavy (non-hydrogen) atoms. The number of aromatic nitrogens is 2. The van der Waals surface area contributed by atoms with Crippen LogP contribution < -0.4 is 5.32 Å². The van der Waals surface area contributed by atoms with E-state index in [4.69, 9.17) is 5.11 Å². The molecule has 0 atom stereocenters. The molecule has 1 aromatic carbocycles. The van der Waals surface area contributed by atoms with Crippen molar-refractivity contribution in [2.45, 2.75) is 6.42 Å². The second kappa shape index (κ2) is 6.31. The highest BCUT2D eigenvalue weighted by Crippen LogP contribution is 2.17. The summed E-state index contributed by atoms with van der Waals surface area (Å²) in [5.74, 6) is -1.23. The topological polar surface area (TPSA) is 95.1 Å². The zero-order valence-electron chi connectivity index (χ0n) is 12.2. The van der Waals surface area contributed by atoms with Gasteiger partial charge in [0.2, 0.25) is 0 Å². The first-order valence-electron chi connectivity index (χ1n) is 7.17. The number of nitrogens with one attached hydrogen (secondary N) is 2. The molecule has 0 unspecified atom stereocenters. The summed E-state index contributed by atoms with van der Waals surface area (Å²) in [7, 11) is 0. The SMILES string of the molecule is O=C(NCCc1ccccn1)c1ccc2cc(C(=O)O)[nH]c2c1. The van der Waals surface area contributed by atoms with Crippen LogP contribution in [0.15, 0.2) is 48.7 Å². The molecule has 116 valence electrons. The molecule has 0 aliphatic carbocycles. The van der Waals surface area contributed by atoms with Gasteiger partial charge in [-0.25, -0.2) is 4.79 Å². The number of aromatic carboxylic acids is 1. The van der Waals surface area contributed by atoms with E-state index < -0.39 is 5.97 Å². The number of hydrogen-bond acceptors (Lipinski definition) is 3. The van der Waals surface area contributed by atoms with Gasteiger partial charge in [-0.15, -0.1) is 0 Å². The summed E-state index contributed by atoms with van der Waals surface area (Å²) in [5.41, 5.74) is 2.13. The van der Waals surface area contributed by atoms with Crippen LogP contribution in [0.5, 0.6) is 0 Å². The van der Waals surface area contributed by atoms with E-state index in [9.17, 15) is 9.59 Å². The van der Waals surface area contributed by atoms with Crippen molar-refractivity contribution in [2.75, 3.05) is 6.54 Å². The minimum atomic E-state index is -1.03. The van der Waals surface area contributed by atoms with Gasteiger partial charge >= 0.3 is 5.97 Å². The number of benzene rings is 1. The molecular formula is C17H15N3O3. The number of carboxylic acids is 1.